The summed E-state index contributed by atoms with van der Waals surface area (Å²) < 4.78 is 5.97. The Morgan fingerprint density at radius 2 is 1.76 bits per heavy atom. The molecule has 0 spiro atoms. The lowest BCUT2D eigenvalue weighted by Gasteiger charge is -2.46. The van der Waals surface area contributed by atoms with Crippen molar-refractivity contribution < 1.29 is 14.3 Å². The molecule has 1 atom stereocenters. The molecule has 2 saturated carbocycles. The topological polar surface area (TPSA) is 74.4 Å². The first-order chi connectivity index (χ1) is 16.7. The predicted octanol–water partition coefficient (Wildman–Crippen LogP) is 4.87. The second-order valence-electron chi connectivity index (χ2n) is 10.6. The minimum atomic E-state index is -0.759. The van der Waals surface area contributed by atoms with E-state index in [9.17, 15) is 9.59 Å². The fraction of sp³-hybridized carbons (Fsp3) is 0.643. The SMILES string of the molecule is O=C(Cc1c[nH]c2ccccc12)N(C[C@@H]1CCCO1)C1(C(=O)NC2CCCCC2)CCCCC1. The number of hydrogen-bond donors (Lipinski definition) is 2. The number of ether oxygens (including phenoxy) is 1. The highest BCUT2D eigenvalue weighted by Crippen LogP contribution is 2.36. The molecule has 2 N–H and O–H groups in total. The summed E-state index contributed by atoms with van der Waals surface area (Å²) in [5.74, 6) is 0.116. The summed E-state index contributed by atoms with van der Waals surface area (Å²) in [6.07, 6.45) is 14.6. The smallest absolute Gasteiger partial charge is 0.246 e. The second-order valence-corrected chi connectivity index (χ2v) is 10.6. The van der Waals surface area contributed by atoms with Gasteiger partial charge in [0.2, 0.25) is 11.8 Å². The number of aromatic nitrogens is 1. The lowest BCUT2D eigenvalue weighted by molar-refractivity contribution is -0.152. The molecule has 2 heterocycles. The molecule has 2 amide bonds. The Morgan fingerprint density at radius 1 is 1.00 bits per heavy atom. The number of aromatic amines is 1. The van der Waals surface area contributed by atoms with E-state index < -0.39 is 5.54 Å². The Hall–Kier alpha value is -2.34. The average molecular weight is 466 g/mol. The third-order valence-corrected chi connectivity index (χ3v) is 8.29. The van der Waals surface area contributed by atoms with Gasteiger partial charge in [-0.05, 0) is 50.2 Å². The Kier molecular flexibility index (Phi) is 7.23. The summed E-state index contributed by atoms with van der Waals surface area (Å²) in [7, 11) is 0. The van der Waals surface area contributed by atoms with Crippen LogP contribution in [-0.2, 0) is 20.7 Å². The van der Waals surface area contributed by atoms with Crippen molar-refractivity contribution in [3.05, 3.63) is 36.0 Å². The van der Waals surface area contributed by atoms with E-state index in [1.54, 1.807) is 0 Å². The molecular weight excluding hydrogens is 426 g/mol. The van der Waals surface area contributed by atoms with Crippen LogP contribution in [0.3, 0.4) is 0 Å². The zero-order valence-corrected chi connectivity index (χ0v) is 20.3. The van der Waals surface area contributed by atoms with Gasteiger partial charge in [0.1, 0.15) is 5.54 Å². The molecule has 3 fully saturated rings. The van der Waals surface area contributed by atoms with Crippen LogP contribution >= 0.6 is 0 Å². The van der Waals surface area contributed by atoms with Crippen molar-refractivity contribution in [1.29, 1.82) is 0 Å². The molecular formula is C28H39N3O3. The number of nitrogens with one attached hydrogen (secondary N) is 2. The lowest BCUT2D eigenvalue weighted by atomic mass is 9.78. The number of fused-ring (bicyclic) bond motifs is 1. The van der Waals surface area contributed by atoms with Crippen LogP contribution in [0, 0.1) is 0 Å². The summed E-state index contributed by atoms with van der Waals surface area (Å²) in [5, 5.41) is 4.48. The van der Waals surface area contributed by atoms with Crippen LogP contribution in [0.4, 0.5) is 0 Å². The van der Waals surface area contributed by atoms with Gasteiger partial charge in [-0.15, -0.1) is 0 Å². The third kappa shape index (κ3) is 4.88. The van der Waals surface area contributed by atoms with Gasteiger partial charge >= 0.3 is 0 Å². The highest BCUT2D eigenvalue weighted by molar-refractivity contribution is 5.94. The van der Waals surface area contributed by atoms with E-state index in [0.717, 1.165) is 80.9 Å². The number of H-pyrrole nitrogens is 1. The monoisotopic (exact) mass is 465 g/mol. The van der Waals surface area contributed by atoms with Crippen molar-refractivity contribution in [2.45, 2.75) is 101 Å². The maximum atomic E-state index is 14.0. The molecule has 1 aliphatic heterocycles. The summed E-state index contributed by atoms with van der Waals surface area (Å²) in [5.41, 5.74) is 1.28. The number of carbonyl (C=O) groups excluding carboxylic acids is 2. The molecule has 0 bridgehead atoms. The first kappa shape index (κ1) is 23.4. The van der Waals surface area contributed by atoms with Gasteiger partial charge in [-0.2, -0.15) is 0 Å². The third-order valence-electron chi connectivity index (χ3n) is 8.29. The van der Waals surface area contributed by atoms with E-state index in [1.165, 1.54) is 19.3 Å². The fourth-order valence-corrected chi connectivity index (χ4v) is 6.37. The molecule has 2 aliphatic carbocycles. The van der Waals surface area contributed by atoms with Gasteiger partial charge in [-0.3, -0.25) is 9.59 Å². The average Bonchev–Trinajstić information content (AvgIpc) is 3.54. The standard InChI is InChI=1S/C28H39N3O3/c32-26(18-21-19-29-25-14-6-5-13-24(21)25)31(20-23-12-9-17-34-23)28(15-7-2-8-16-28)27(33)30-22-10-3-1-4-11-22/h5-6,13-14,19,22-23,29H,1-4,7-12,15-18,20H2,(H,30,33)/t23-/m0/s1. The van der Waals surface area contributed by atoms with Gasteiger partial charge in [0, 0.05) is 36.3 Å². The molecule has 3 aliphatic rings. The normalized spacial score (nSPS) is 23.1. The molecule has 6 heteroatoms. The number of nitrogens with zero attached hydrogens (tertiary/aromatic N) is 1. The Labute approximate surface area is 202 Å². The molecule has 184 valence electrons. The summed E-state index contributed by atoms with van der Waals surface area (Å²) in [6, 6.07) is 8.35. The van der Waals surface area contributed by atoms with E-state index in [2.05, 4.69) is 16.4 Å². The van der Waals surface area contributed by atoms with Crippen molar-refractivity contribution in [3.63, 3.8) is 0 Å². The molecule has 6 nitrogen and oxygen atoms in total. The van der Waals surface area contributed by atoms with Crippen LogP contribution in [0.25, 0.3) is 10.9 Å². The van der Waals surface area contributed by atoms with Crippen LogP contribution in [0.2, 0.25) is 0 Å². The maximum Gasteiger partial charge on any atom is 0.246 e. The van der Waals surface area contributed by atoms with Crippen molar-refractivity contribution in [1.82, 2.24) is 15.2 Å². The van der Waals surface area contributed by atoms with Gasteiger partial charge in [0.15, 0.2) is 0 Å². The molecule has 1 saturated heterocycles. The number of amides is 2. The Bertz CT molecular complexity index is 982. The Balaban J connectivity index is 1.43. The molecule has 0 unspecified atom stereocenters. The number of benzene rings is 1. The van der Waals surface area contributed by atoms with E-state index >= 15 is 0 Å². The van der Waals surface area contributed by atoms with Crippen molar-refractivity contribution in [2.75, 3.05) is 13.2 Å². The van der Waals surface area contributed by atoms with Crippen LogP contribution in [-0.4, -0.2) is 52.5 Å². The highest BCUT2D eigenvalue weighted by atomic mass is 16.5. The molecule has 0 radical (unpaired) electrons. The van der Waals surface area contributed by atoms with Crippen molar-refractivity contribution in [3.8, 4) is 0 Å². The number of carbonyl (C=O) groups is 2. The van der Waals surface area contributed by atoms with Gasteiger partial charge in [-0.1, -0.05) is 56.7 Å². The number of rotatable bonds is 7. The predicted molar refractivity (Wildman–Crippen MR) is 134 cm³/mol. The van der Waals surface area contributed by atoms with Crippen LogP contribution in [0.1, 0.15) is 82.6 Å². The molecule has 5 rings (SSSR count). The van der Waals surface area contributed by atoms with Crippen molar-refractivity contribution in [2.24, 2.45) is 0 Å². The van der Waals surface area contributed by atoms with Crippen molar-refractivity contribution >= 4 is 22.7 Å². The maximum absolute atomic E-state index is 14.0. The zero-order valence-electron chi connectivity index (χ0n) is 20.3. The summed E-state index contributed by atoms with van der Waals surface area (Å²) >= 11 is 0. The quantitative estimate of drug-likeness (QED) is 0.613. The largest absolute Gasteiger partial charge is 0.376 e. The van der Waals surface area contributed by atoms with E-state index in [1.807, 2.05) is 29.3 Å². The lowest BCUT2D eigenvalue weighted by Crippen LogP contribution is -2.64. The fourth-order valence-electron chi connectivity index (χ4n) is 6.37. The van der Waals surface area contributed by atoms with Gasteiger partial charge in [-0.25, -0.2) is 0 Å². The van der Waals surface area contributed by atoms with Gasteiger partial charge < -0.3 is 19.9 Å². The van der Waals surface area contributed by atoms with E-state index in [4.69, 9.17) is 4.74 Å². The van der Waals surface area contributed by atoms with Gasteiger partial charge in [0.25, 0.3) is 0 Å². The van der Waals surface area contributed by atoms with Crippen LogP contribution < -0.4 is 5.32 Å². The molecule has 1 aromatic heterocycles. The Morgan fingerprint density at radius 3 is 2.53 bits per heavy atom. The molecule has 2 aromatic rings. The highest BCUT2D eigenvalue weighted by Gasteiger charge is 2.48. The second kappa shape index (κ2) is 10.5. The summed E-state index contributed by atoms with van der Waals surface area (Å²) in [6.45, 7) is 1.26. The summed E-state index contributed by atoms with van der Waals surface area (Å²) in [4.78, 5) is 33.2. The molecule has 1 aromatic carbocycles. The molecule has 34 heavy (non-hydrogen) atoms. The van der Waals surface area contributed by atoms with Crippen LogP contribution in [0.15, 0.2) is 30.5 Å². The van der Waals surface area contributed by atoms with E-state index in [-0.39, 0.29) is 24.0 Å². The minimum Gasteiger partial charge on any atom is -0.376 e. The number of para-hydroxylation sites is 1. The minimum absolute atomic E-state index is 0.0215. The number of hydrogen-bond acceptors (Lipinski definition) is 3. The van der Waals surface area contributed by atoms with E-state index in [0.29, 0.717) is 13.0 Å². The van der Waals surface area contributed by atoms with Gasteiger partial charge in [0.05, 0.1) is 12.5 Å². The van der Waals surface area contributed by atoms with Crippen LogP contribution in [0.5, 0.6) is 0 Å². The first-order valence-corrected chi connectivity index (χ1v) is 13.4. The first-order valence-electron chi connectivity index (χ1n) is 13.4. The zero-order chi connectivity index (χ0) is 23.4.